The van der Waals surface area contributed by atoms with Gasteiger partial charge in [0.05, 0.1) is 12.8 Å². The van der Waals surface area contributed by atoms with E-state index in [1.165, 1.54) is 4.90 Å². The van der Waals surface area contributed by atoms with Gasteiger partial charge in [0.15, 0.2) is 0 Å². The average molecular weight is 334 g/mol. The van der Waals surface area contributed by atoms with E-state index in [9.17, 15) is 0 Å². The number of thioether (sulfide) groups is 1. The van der Waals surface area contributed by atoms with Crippen molar-refractivity contribution in [2.75, 3.05) is 12.4 Å². The second-order valence-electron chi connectivity index (χ2n) is 5.08. The van der Waals surface area contributed by atoms with Crippen LogP contribution in [0.1, 0.15) is 11.1 Å². The molecule has 0 fully saturated rings. The van der Waals surface area contributed by atoms with Crippen molar-refractivity contribution < 1.29 is 4.74 Å². The summed E-state index contributed by atoms with van der Waals surface area (Å²) in [7, 11) is 0. The molecule has 0 N–H and O–H groups in total. The van der Waals surface area contributed by atoms with Crippen molar-refractivity contribution in [3.63, 3.8) is 0 Å². The van der Waals surface area contributed by atoms with Crippen LogP contribution < -0.4 is 4.74 Å². The molecule has 3 nitrogen and oxygen atoms in total. The highest BCUT2D eigenvalue weighted by Crippen LogP contribution is 2.18. The topological polar surface area (TPSA) is 35.0 Å². The zero-order valence-corrected chi connectivity index (χ0v) is 14.0. The average Bonchev–Trinajstić information content (AvgIpc) is 2.66. The van der Waals surface area contributed by atoms with Crippen molar-refractivity contribution in [3.8, 4) is 5.75 Å². The van der Waals surface area contributed by atoms with Crippen LogP contribution in [0.3, 0.4) is 0 Å². The maximum absolute atomic E-state index is 5.79. The first-order chi connectivity index (χ1) is 11.9. The Morgan fingerprint density at radius 3 is 2.50 bits per heavy atom. The molecule has 0 atom stereocenters. The van der Waals surface area contributed by atoms with Crippen molar-refractivity contribution >= 4 is 23.9 Å². The van der Waals surface area contributed by atoms with Crippen molar-refractivity contribution in [1.29, 1.82) is 0 Å². The normalized spacial score (nSPS) is 10.8. The van der Waals surface area contributed by atoms with Gasteiger partial charge < -0.3 is 4.74 Å². The summed E-state index contributed by atoms with van der Waals surface area (Å²) >= 11 is 1.79. The van der Waals surface area contributed by atoms with E-state index in [1.807, 2.05) is 54.7 Å². The fourth-order valence-electron chi connectivity index (χ4n) is 2.11. The molecule has 0 bridgehead atoms. The Balaban J connectivity index is 1.51. The van der Waals surface area contributed by atoms with E-state index in [0.717, 1.165) is 22.6 Å². The molecular weight excluding hydrogens is 316 g/mol. The second kappa shape index (κ2) is 8.89. The van der Waals surface area contributed by atoms with Crippen LogP contribution in [0.4, 0.5) is 0 Å². The molecule has 0 aliphatic rings. The van der Waals surface area contributed by atoms with E-state index in [4.69, 9.17) is 4.74 Å². The molecule has 3 aromatic rings. The van der Waals surface area contributed by atoms with E-state index in [0.29, 0.717) is 6.61 Å². The van der Waals surface area contributed by atoms with E-state index in [-0.39, 0.29) is 0 Å². The lowest BCUT2D eigenvalue weighted by Crippen LogP contribution is -2.00. The molecule has 0 spiro atoms. The summed E-state index contributed by atoms with van der Waals surface area (Å²) in [5, 5.41) is 0. The van der Waals surface area contributed by atoms with Crippen molar-refractivity contribution in [2.45, 2.75) is 4.90 Å². The Hall–Kier alpha value is -2.59. The van der Waals surface area contributed by atoms with Crippen LogP contribution in [0.15, 0.2) is 78.2 Å². The van der Waals surface area contributed by atoms with Gasteiger partial charge in [0.25, 0.3) is 0 Å². The molecule has 0 unspecified atom stereocenters. The highest BCUT2D eigenvalue weighted by molar-refractivity contribution is 7.99. The number of hydrogen-bond acceptors (Lipinski definition) is 4. The largest absolute Gasteiger partial charge is 0.491 e. The Labute approximate surface area is 146 Å². The minimum absolute atomic E-state index is 0.652. The zero-order chi connectivity index (χ0) is 16.5. The summed E-state index contributed by atoms with van der Waals surface area (Å²) < 4.78 is 5.79. The Kier molecular flexibility index (Phi) is 6.03. The van der Waals surface area contributed by atoms with Crippen LogP contribution >= 0.6 is 11.8 Å². The van der Waals surface area contributed by atoms with E-state index >= 15 is 0 Å². The first-order valence-electron chi connectivity index (χ1n) is 7.74. The van der Waals surface area contributed by atoms with Gasteiger partial charge in [-0.15, -0.1) is 11.8 Å². The second-order valence-corrected chi connectivity index (χ2v) is 6.25. The lowest BCUT2D eigenvalue weighted by molar-refractivity contribution is 0.342. The summed E-state index contributed by atoms with van der Waals surface area (Å²) in [6.07, 6.45) is 11.2. The number of hydrogen-bond donors (Lipinski definition) is 0. The number of nitrogens with zero attached hydrogens (tertiary/aromatic N) is 2. The van der Waals surface area contributed by atoms with E-state index < -0.39 is 0 Å². The number of ether oxygens (including phenoxy) is 1. The fourth-order valence-corrected chi connectivity index (χ4v) is 2.86. The summed E-state index contributed by atoms with van der Waals surface area (Å²) in [4.78, 5) is 9.51. The number of pyridine rings is 2. The molecule has 0 saturated heterocycles. The standard InChI is InChI=1S/C20H18N2OS/c1-2-4-20(5-3-1)24-13-12-23-19-14-18(15-22-16-19)7-6-17-8-10-21-11-9-17/h1-11,14-16H,12-13H2. The molecule has 0 radical (unpaired) electrons. The van der Waals surface area contributed by atoms with E-state index in [2.05, 4.69) is 22.1 Å². The molecule has 0 saturated carbocycles. The van der Waals surface area contributed by atoms with Gasteiger partial charge in [-0.2, -0.15) is 0 Å². The summed E-state index contributed by atoms with van der Waals surface area (Å²) in [6, 6.07) is 16.3. The maximum Gasteiger partial charge on any atom is 0.138 e. The quantitative estimate of drug-likeness (QED) is 0.458. The first kappa shape index (κ1) is 16.3. The van der Waals surface area contributed by atoms with Crippen molar-refractivity contribution in [1.82, 2.24) is 9.97 Å². The zero-order valence-electron chi connectivity index (χ0n) is 13.2. The lowest BCUT2D eigenvalue weighted by Gasteiger charge is -2.06. The Morgan fingerprint density at radius 2 is 1.67 bits per heavy atom. The highest BCUT2D eigenvalue weighted by atomic mass is 32.2. The van der Waals surface area contributed by atoms with Crippen LogP contribution in [0.5, 0.6) is 5.75 Å². The van der Waals surface area contributed by atoms with Crippen LogP contribution in [0.2, 0.25) is 0 Å². The smallest absolute Gasteiger partial charge is 0.138 e. The van der Waals surface area contributed by atoms with Gasteiger partial charge in [0, 0.05) is 29.2 Å². The van der Waals surface area contributed by atoms with Crippen LogP contribution in [0, 0.1) is 0 Å². The van der Waals surface area contributed by atoms with E-state index in [1.54, 1.807) is 30.4 Å². The van der Waals surface area contributed by atoms with Gasteiger partial charge in [-0.25, -0.2) is 0 Å². The Morgan fingerprint density at radius 1 is 0.875 bits per heavy atom. The minimum Gasteiger partial charge on any atom is -0.491 e. The number of rotatable bonds is 7. The molecule has 24 heavy (non-hydrogen) atoms. The van der Waals surface area contributed by atoms with Gasteiger partial charge in [-0.3, -0.25) is 9.97 Å². The van der Waals surface area contributed by atoms with Gasteiger partial charge in [-0.1, -0.05) is 30.4 Å². The monoisotopic (exact) mass is 334 g/mol. The third-order valence-corrected chi connectivity index (χ3v) is 4.25. The molecule has 1 aromatic carbocycles. The summed E-state index contributed by atoms with van der Waals surface area (Å²) in [5.74, 6) is 1.70. The Bertz CT molecular complexity index is 776. The van der Waals surface area contributed by atoms with Gasteiger partial charge in [-0.05, 0) is 41.5 Å². The molecule has 120 valence electrons. The van der Waals surface area contributed by atoms with Gasteiger partial charge in [0.2, 0.25) is 0 Å². The summed E-state index contributed by atoms with van der Waals surface area (Å²) in [6.45, 7) is 0.652. The molecule has 2 heterocycles. The number of benzene rings is 1. The highest BCUT2D eigenvalue weighted by Gasteiger charge is 1.97. The SMILES string of the molecule is C(=Cc1cncc(OCCSc2ccccc2)c1)c1ccncc1. The first-order valence-corrected chi connectivity index (χ1v) is 8.72. The lowest BCUT2D eigenvalue weighted by atomic mass is 10.2. The summed E-state index contributed by atoms with van der Waals surface area (Å²) in [5.41, 5.74) is 2.12. The molecule has 0 amide bonds. The van der Waals surface area contributed by atoms with Crippen LogP contribution in [0.25, 0.3) is 12.2 Å². The maximum atomic E-state index is 5.79. The van der Waals surface area contributed by atoms with Crippen molar-refractivity contribution in [3.05, 3.63) is 84.4 Å². The predicted octanol–water partition coefficient (Wildman–Crippen LogP) is 4.82. The third kappa shape index (κ3) is 5.25. The molecular formula is C20H18N2OS. The predicted molar refractivity (Wildman–Crippen MR) is 100 cm³/mol. The molecule has 4 heteroatoms. The molecule has 0 aliphatic heterocycles. The van der Waals surface area contributed by atoms with Crippen LogP contribution in [-0.4, -0.2) is 22.3 Å². The third-order valence-electron chi connectivity index (χ3n) is 3.27. The van der Waals surface area contributed by atoms with Gasteiger partial charge >= 0.3 is 0 Å². The van der Waals surface area contributed by atoms with Crippen LogP contribution in [-0.2, 0) is 0 Å². The molecule has 3 rings (SSSR count). The molecule has 2 aromatic heterocycles. The number of aromatic nitrogens is 2. The fraction of sp³-hybridized carbons (Fsp3) is 0.100. The van der Waals surface area contributed by atoms with Gasteiger partial charge in [0.1, 0.15) is 5.75 Å². The van der Waals surface area contributed by atoms with Crippen molar-refractivity contribution in [2.24, 2.45) is 0 Å². The molecule has 0 aliphatic carbocycles. The minimum atomic E-state index is 0.652.